The number of rotatable bonds is 4. The summed E-state index contributed by atoms with van der Waals surface area (Å²) < 4.78 is 11.8. The van der Waals surface area contributed by atoms with Gasteiger partial charge in [0.25, 0.3) is 0 Å². The van der Waals surface area contributed by atoms with E-state index in [-0.39, 0.29) is 16.6 Å². The first-order valence-electron chi connectivity index (χ1n) is 23.0. The Kier molecular flexibility index (Phi) is 11.9. The molecular weight excluding hydrogens is 917 g/mol. The standard InChI is InChI=1S/C30H25N3O.C15H16BrN.C15H10N2O/c1-30(2,3)21-16-20(27-9-6-7-13-31-27)17-23(18-21)34-22-11-12-24-25-8-4-5-10-28(25)33-15-14-32-29(33)26(24)19-22;1-15(2,3)12-8-11(9-13(16)10-12)14-6-4-5-7-17-14;18-10-5-6-11-12-3-1-2-4-14(12)17-8-7-16-15(17)13(11)9-10/h4-19H,1-3H3;4-10H,1-3H3;1-9,18H. The SMILES string of the molecule is CC(C)(C)c1cc(Br)cc(-c2ccccn2)c1.CC(C)(C)c1cc(Oc2ccc3c4ccccc4n4ccnc4c3c2)cc(-c2ccccn2)c1.Oc1ccc2c3ccccc3n3ccnc3c2c1. The van der Waals surface area contributed by atoms with E-state index in [2.05, 4.69) is 171 Å². The number of aromatic nitrogens is 6. The minimum atomic E-state index is -0.0206. The zero-order valence-electron chi connectivity index (χ0n) is 39.4. The number of hydrogen-bond acceptors (Lipinski definition) is 6. The van der Waals surface area contributed by atoms with Crippen LogP contribution in [-0.2, 0) is 10.8 Å². The van der Waals surface area contributed by atoms with Crippen molar-refractivity contribution in [1.29, 1.82) is 0 Å². The molecule has 12 aromatic rings. The van der Waals surface area contributed by atoms with Gasteiger partial charge in [-0.25, -0.2) is 9.97 Å². The van der Waals surface area contributed by atoms with Crippen molar-refractivity contribution < 1.29 is 9.84 Å². The summed E-state index contributed by atoms with van der Waals surface area (Å²) in [4.78, 5) is 18.0. The number of imidazole rings is 2. The lowest BCUT2D eigenvalue weighted by atomic mass is 9.85. The van der Waals surface area contributed by atoms with Gasteiger partial charge in [0.05, 0.1) is 22.4 Å². The number of hydrogen-bond donors (Lipinski definition) is 1. The smallest absolute Gasteiger partial charge is 0.145 e. The van der Waals surface area contributed by atoms with Crippen LogP contribution in [0.2, 0.25) is 0 Å². The van der Waals surface area contributed by atoms with Crippen molar-refractivity contribution in [3.63, 3.8) is 0 Å². The quantitative estimate of drug-likeness (QED) is 0.177. The van der Waals surface area contributed by atoms with Gasteiger partial charge in [-0.3, -0.25) is 18.8 Å². The highest BCUT2D eigenvalue weighted by Gasteiger charge is 2.19. The zero-order chi connectivity index (χ0) is 47.9. The molecule has 0 radical (unpaired) electrons. The van der Waals surface area contributed by atoms with E-state index in [1.165, 1.54) is 21.9 Å². The minimum absolute atomic E-state index is 0.0206. The Morgan fingerprint density at radius 2 is 0.942 bits per heavy atom. The van der Waals surface area contributed by atoms with Gasteiger partial charge >= 0.3 is 0 Å². The van der Waals surface area contributed by atoms with Gasteiger partial charge in [-0.2, -0.15) is 0 Å². The molecule has 8 nitrogen and oxygen atoms in total. The fourth-order valence-electron chi connectivity index (χ4n) is 8.79. The second-order valence-corrected chi connectivity index (χ2v) is 20.1. The molecule has 0 aliphatic heterocycles. The molecule has 6 aromatic heterocycles. The molecule has 12 rings (SSSR count). The average Bonchev–Trinajstić information content (AvgIpc) is 4.07. The van der Waals surface area contributed by atoms with Gasteiger partial charge in [-0.05, 0) is 142 Å². The summed E-state index contributed by atoms with van der Waals surface area (Å²) in [6.45, 7) is 13.3. The minimum Gasteiger partial charge on any atom is -0.508 e. The van der Waals surface area contributed by atoms with Crippen molar-refractivity contribution in [2.24, 2.45) is 0 Å². The summed E-state index contributed by atoms with van der Waals surface area (Å²) in [7, 11) is 0. The fourth-order valence-corrected chi connectivity index (χ4v) is 9.28. The van der Waals surface area contributed by atoms with Crippen LogP contribution < -0.4 is 4.74 Å². The number of para-hydroxylation sites is 2. The average molecular weight is 968 g/mol. The Hall–Kier alpha value is -7.88. The molecule has 6 heterocycles. The maximum Gasteiger partial charge on any atom is 0.145 e. The summed E-state index contributed by atoms with van der Waals surface area (Å²) in [5.74, 6) is 1.85. The topological polar surface area (TPSA) is 89.8 Å². The fraction of sp³-hybridized carbons (Fsp3) is 0.133. The number of pyridine rings is 4. The molecule has 0 saturated carbocycles. The largest absolute Gasteiger partial charge is 0.508 e. The highest BCUT2D eigenvalue weighted by atomic mass is 79.9. The van der Waals surface area contributed by atoms with Gasteiger partial charge < -0.3 is 9.84 Å². The Bertz CT molecular complexity index is 3810. The maximum absolute atomic E-state index is 9.66. The first kappa shape index (κ1) is 44.9. The van der Waals surface area contributed by atoms with Gasteiger partial charge in [0, 0.05) is 74.3 Å². The number of phenols is 1. The molecule has 0 fully saturated rings. The van der Waals surface area contributed by atoms with E-state index in [4.69, 9.17) is 4.74 Å². The Morgan fingerprint density at radius 1 is 0.435 bits per heavy atom. The first-order valence-corrected chi connectivity index (χ1v) is 23.8. The molecule has 0 bridgehead atoms. The number of phenolic OH excluding ortho intramolecular Hbond substituents is 1. The monoisotopic (exact) mass is 966 g/mol. The van der Waals surface area contributed by atoms with Gasteiger partial charge in [0.1, 0.15) is 28.5 Å². The second kappa shape index (κ2) is 18.3. The van der Waals surface area contributed by atoms with Crippen LogP contribution in [0, 0.1) is 0 Å². The molecule has 0 atom stereocenters. The van der Waals surface area contributed by atoms with Crippen molar-refractivity contribution in [2.45, 2.75) is 52.4 Å². The van der Waals surface area contributed by atoms with Gasteiger partial charge in [0.15, 0.2) is 0 Å². The first-order chi connectivity index (χ1) is 33.3. The third kappa shape index (κ3) is 9.26. The Balaban J connectivity index is 0.000000133. The van der Waals surface area contributed by atoms with Crippen LogP contribution in [0.15, 0.2) is 199 Å². The van der Waals surface area contributed by atoms with E-state index in [9.17, 15) is 5.11 Å². The van der Waals surface area contributed by atoms with Crippen LogP contribution in [0.3, 0.4) is 0 Å². The Labute approximate surface area is 409 Å². The molecule has 0 unspecified atom stereocenters. The number of benzene rings is 6. The number of aromatic hydroxyl groups is 1. The van der Waals surface area contributed by atoms with Crippen LogP contribution in [0.4, 0.5) is 0 Å². The number of ether oxygens (including phenoxy) is 1. The number of fused-ring (bicyclic) bond motifs is 12. The lowest BCUT2D eigenvalue weighted by molar-refractivity contribution is 0.476. The van der Waals surface area contributed by atoms with E-state index in [0.717, 1.165) is 82.4 Å². The summed E-state index contributed by atoms with van der Waals surface area (Å²) in [5, 5.41) is 16.3. The van der Waals surface area contributed by atoms with Gasteiger partial charge in [-0.1, -0.05) is 106 Å². The molecular formula is C60H51BrN6O2. The molecule has 1 N–H and O–H groups in total. The van der Waals surface area contributed by atoms with E-state index in [0.29, 0.717) is 0 Å². The summed E-state index contributed by atoms with van der Waals surface area (Å²) in [6.07, 6.45) is 11.2. The predicted octanol–water partition coefficient (Wildman–Crippen LogP) is 15.9. The molecule has 0 saturated heterocycles. The zero-order valence-corrected chi connectivity index (χ0v) is 41.0. The van der Waals surface area contributed by atoms with Crippen molar-refractivity contribution in [2.75, 3.05) is 0 Å². The lowest BCUT2D eigenvalue weighted by Gasteiger charge is -2.21. The van der Waals surface area contributed by atoms with Crippen molar-refractivity contribution in [3.8, 4) is 39.8 Å². The molecule has 9 heteroatoms. The summed E-state index contributed by atoms with van der Waals surface area (Å²) in [5.41, 5.74) is 10.9. The van der Waals surface area contributed by atoms with E-state index in [1.54, 1.807) is 18.3 Å². The summed E-state index contributed by atoms with van der Waals surface area (Å²) in [6, 6.07) is 53.2. The van der Waals surface area contributed by atoms with E-state index < -0.39 is 0 Å². The normalized spacial score (nSPS) is 11.8. The van der Waals surface area contributed by atoms with Gasteiger partial charge in [0.2, 0.25) is 0 Å². The predicted molar refractivity (Wildman–Crippen MR) is 287 cm³/mol. The van der Waals surface area contributed by atoms with E-state index >= 15 is 0 Å². The molecule has 69 heavy (non-hydrogen) atoms. The van der Waals surface area contributed by atoms with Crippen LogP contribution >= 0.6 is 15.9 Å². The second-order valence-electron chi connectivity index (χ2n) is 19.2. The molecule has 340 valence electrons. The molecule has 0 spiro atoms. The van der Waals surface area contributed by atoms with Crippen molar-refractivity contribution in [3.05, 3.63) is 211 Å². The van der Waals surface area contributed by atoms with Crippen LogP contribution in [0.1, 0.15) is 52.7 Å². The third-order valence-electron chi connectivity index (χ3n) is 12.4. The molecule has 6 aromatic carbocycles. The highest BCUT2D eigenvalue weighted by Crippen LogP contribution is 2.37. The maximum atomic E-state index is 9.66. The third-order valence-corrected chi connectivity index (χ3v) is 12.8. The molecule has 0 aliphatic carbocycles. The summed E-state index contributed by atoms with van der Waals surface area (Å²) >= 11 is 3.57. The highest BCUT2D eigenvalue weighted by molar-refractivity contribution is 9.10. The lowest BCUT2D eigenvalue weighted by Crippen LogP contribution is -2.11. The number of halogens is 1. The van der Waals surface area contributed by atoms with Crippen LogP contribution in [0.5, 0.6) is 17.2 Å². The Morgan fingerprint density at radius 3 is 1.49 bits per heavy atom. The van der Waals surface area contributed by atoms with E-state index in [1.807, 2.05) is 91.6 Å². The molecule has 0 amide bonds. The van der Waals surface area contributed by atoms with Gasteiger partial charge in [-0.15, -0.1) is 0 Å². The number of nitrogens with zero attached hydrogens (tertiary/aromatic N) is 6. The molecule has 0 aliphatic rings. The van der Waals surface area contributed by atoms with Crippen LogP contribution in [0.25, 0.3) is 77.2 Å². The van der Waals surface area contributed by atoms with Crippen molar-refractivity contribution in [1.82, 2.24) is 28.7 Å². The van der Waals surface area contributed by atoms with Crippen molar-refractivity contribution >= 4 is 70.6 Å². The van der Waals surface area contributed by atoms with Crippen LogP contribution in [-0.4, -0.2) is 33.8 Å².